The molecule has 0 spiro atoms. The zero-order valence-corrected chi connectivity index (χ0v) is 24.0. The fourth-order valence-corrected chi connectivity index (χ4v) is 5.28. The molecule has 0 unspecified atom stereocenters. The summed E-state index contributed by atoms with van der Waals surface area (Å²) in [6, 6.07) is 15.9. The minimum Gasteiger partial charge on any atom is -0.550 e. The Labute approximate surface area is 247 Å². The Morgan fingerprint density at radius 3 is 2.38 bits per heavy atom. The van der Waals surface area contributed by atoms with Gasteiger partial charge in [0.2, 0.25) is 6.79 Å². The van der Waals surface area contributed by atoms with Crippen molar-refractivity contribution in [3.05, 3.63) is 76.9 Å². The number of methoxy groups -OCH3 is 1. The van der Waals surface area contributed by atoms with Crippen molar-refractivity contribution in [1.82, 2.24) is 0 Å². The molecular formula is C29H27NaO9. The largest absolute Gasteiger partial charge is 1.00 e. The van der Waals surface area contributed by atoms with Crippen molar-refractivity contribution in [2.75, 3.05) is 27.1 Å². The van der Waals surface area contributed by atoms with Crippen LogP contribution in [0.5, 0.6) is 28.7 Å². The summed E-state index contributed by atoms with van der Waals surface area (Å²) >= 11 is 0. The fourth-order valence-electron chi connectivity index (χ4n) is 5.28. The Morgan fingerprint density at radius 1 is 0.923 bits per heavy atom. The third-order valence-electron chi connectivity index (χ3n) is 6.85. The van der Waals surface area contributed by atoms with Gasteiger partial charge >= 0.3 is 35.5 Å². The summed E-state index contributed by atoms with van der Waals surface area (Å²) in [6.45, 7) is 2.01. The molecule has 0 radical (unpaired) electrons. The van der Waals surface area contributed by atoms with E-state index in [1.165, 1.54) is 7.11 Å². The minimum absolute atomic E-state index is 0. The first-order valence-corrected chi connectivity index (χ1v) is 12.3. The van der Waals surface area contributed by atoms with Crippen molar-refractivity contribution in [2.24, 2.45) is 5.92 Å². The number of carboxylic acid groups (broad SMARTS) is 2. The van der Waals surface area contributed by atoms with Crippen molar-refractivity contribution in [3.8, 4) is 28.7 Å². The topological polar surface area (TPSA) is 124 Å². The van der Waals surface area contributed by atoms with Gasteiger partial charge in [-0.2, -0.15) is 0 Å². The number of hydrogen-bond donors (Lipinski definition) is 1. The van der Waals surface area contributed by atoms with Crippen LogP contribution < -0.4 is 58.3 Å². The summed E-state index contributed by atoms with van der Waals surface area (Å²) in [5, 5.41) is 22.1. The van der Waals surface area contributed by atoms with Gasteiger partial charge in [0.1, 0.15) is 17.2 Å². The number of carbonyl (C=O) groups is 2. The van der Waals surface area contributed by atoms with Crippen LogP contribution >= 0.6 is 0 Å². The monoisotopic (exact) mass is 542 g/mol. The Morgan fingerprint density at radius 2 is 1.67 bits per heavy atom. The van der Waals surface area contributed by atoms with Crippen molar-refractivity contribution >= 4 is 11.9 Å². The normalized spacial score (nSPS) is 18.6. The van der Waals surface area contributed by atoms with Crippen LogP contribution in [-0.4, -0.2) is 44.2 Å². The predicted molar refractivity (Wildman–Crippen MR) is 133 cm³/mol. The van der Waals surface area contributed by atoms with E-state index in [1.807, 2.05) is 31.2 Å². The van der Waals surface area contributed by atoms with Crippen LogP contribution in [0.3, 0.4) is 0 Å². The van der Waals surface area contributed by atoms with Gasteiger partial charge in [0.15, 0.2) is 18.1 Å². The molecule has 198 valence electrons. The standard InChI is InChI=1S/C29H28O9.Na/c1-3-10-35-18-6-7-19-21(12-18)27(20-8-5-17(34-2)13-23(20)36-14-25(30)31)28(29(32)33)26(19)16-4-9-22-24(11-16)38-15-37-22;/h4-9,11-13,26-28H,3,10,14-15H2,1-2H3,(H,30,31)(H,32,33);/q;+1/p-1/t26-,27+,28+;/m0./s1. The molecular weight excluding hydrogens is 515 g/mol. The van der Waals surface area contributed by atoms with E-state index in [0.717, 1.165) is 23.1 Å². The maximum atomic E-state index is 12.9. The zero-order chi connectivity index (χ0) is 26.8. The SMILES string of the molecule is CCCOc1ccc2c(c1)[C@@H](c1ccc(OC)cc1OCC(=O)O)[C@H](C(=O)[O-])[C@H]2c1ccc2c(c1)OCO2.[Na+]. The molecule has 3 aromatic rings. The second-order valence-electron chi connectivity index (χ2n) is 9.14. The quantitative estimate of drug-likeness (QED) is 0.361. The van der Waals surface area contributed by atoms with E-state index in [-0.39, 0.29) is 42.1 Å². The van der Waals surface area contributed by atoms with Gasteiger partial charge in [-0.05, 0) is 53.4 Å². The average molecular weight is 543 g/mol. The molecule has 3 atom stereocenters. The second-order valence-corrected chi connectivity index (χ2v) is 9.14. The van der Waals surface area contributed by atoms with E-state index in [4.69, 9.17) is 23.7 Å². The van der Waals surface area contributed by atoms with Crippen LogP contribution in [0.25, 0.3) is 0 Å². The van der Waals surface area contributed by atoms with E-state index in [2.05, 4.69) is 0 Å². The molecule has 10 heteroatoms. The number of hydrogen-bond acceptors (Lipinski definition) is 8. The van der Waals surface area contributed by atoms with E-state index in [0.29, 0.717) is 35.2 Å². The van der Waals surface area contributed by atoms with Gasteiger partial charge in [-0.3, -0.25) is 0 Å². The molecule has 1 heterocycles. The van der Waals surface area contributed by atoms with E-state index < -0.39 is 36.3 Å². The summed E-state index contributed by atoms with van der Waals surface area (Å²) in [5.74, 6) is -2.31. The average Bonchev–Trinajstić information content (AvgIpc) is 3.52. The smallest absolute Gasteiger partial charge is 0.550 e. The third-order valence-corrected chi connectivity index (χ3v) is 6.85. The maximum Gasteiger partial charge on any atom is 1.00 e. The van der Waals surface area contributed by atoms with Crippen molar-refractivity contribution in [3.63, 3.8) is 0 Å². The molecule has 0 amide bonds. The predicted octanol–water partition coefficient (Wildman–Crippen LogP) is 0.324. The van der Waals surface area contributed by atoms with Crippen LogP contribution in [0, 0.1) is 5.92 Å². The molecule has 1 aliphatic heterocycles. The number of aliphatic carboxylic acids is 2. The van der Waals surface area contributed by atoms with Crippen molar-refractivity contribution in [1.29, 1.82) is 0 Å². The molecule has 0 bridgehead atoms. The van der Waals surface area contributed by atoms with Crippen molar-refractivity contribution < 1.29 is 73.0 Å². The number of benzene rings is 3. The van der Waals surface area contributed by atoms with Gasteiger partial charge in [-0.1, -0.05) is 25.1 Å². The summed E-state index contributed by atoms with van der Waals surface area (Å²) in [7, 11) is 1.48. The molecule has 0 fully saturated rings. The Hall–Kier alpha value is -3.40. The van der Waals surface area contributed by atoms with E-state index in [9.17, 15) is 19.8 Å². The van der Waals surface area contributed by atoms with Gasteiger partial charge in [-0.15, -0.1) is 0 Å². The van der Waals surface area contributed by atoms with Gasteiger partial charge < -0.3 is 38.7 Å². The van der Waals surface area contributed by atoms with Crippen LogP contribution in [0.1, 0.15) is 47.4 Å². The van der Waals surface area contributed by atoms with Crippen LogP contribution in [0.15, 0.2) is 54.6 Å². The summed E-state index contributed by atoms with van der Waals surface area (Å²) in [6.07, 6.45) is 0.813. The number of fused-ring (bicyclic) bond motifs is 2. The van der Waals surface area contributed by atoms with Crippen LogP contribution in [0.4, 0.5) is 0 Å². The summed E-state index contributed by atoms with van der Waals surface area (Å²) in [5.41, 5.74) is 2.78. The van der Waals surface area contributed by atoms with Gasteiger partial charge in [0.25, 0.3) is 0 Å². The molecule has 3 aromatic carbocycles. The summed E-state index contributed by atoms with van der Waals surface area (Å²) in [4.78, 5) is 24.2. The van der Waals surface area contributed by atoms with Crippen LogP contribution in [0.2, 0.25) is 0 Å². The van der Waals surface area contributed by atoms with Gasteiger partial charge in [-0.25, -0.2) is 4.79 Å². The zero-order valence-electron chi connectivity index (χ0n) is 22.0. The maximum absolute atomic E-state index is 12.9. The molecule has 1 N–H and O–H groups in total. The Balaban J connectivity index is 0.00000353. The number of ether oxygens (including phenoxy) is 5. The molecule has 39 heavy (non-hydrogen) atoms. The first-order valence-electron chi connectivity index (χ1n) is 12.3. The minimum atomic E-state index is -1.25. The van der Waals surface area contributed by atoms with Crippen LogP contribution in [-0.2, 0) is 9.59 Å². The number of carbonyl (C=O) groups excluding carboxylic acids is 1. The third kappa shape index (κ3) is 5.66. The molecule has 2 aliphatic rings. The van der Waals surface area contributed by atoms with Gasteiger partial charge in [0.05, 0.1) is 13.7 Å². The molecule has 0 saturated heterocycles. The molecule has 5 rings (SSSR count). The van der Waals surface area contributed by atoms with E-state index >= 15 is 0 Å². The Bertz CT molecular complexity index is 1370. The molecule has 0 saturated carbocycles. The Kier molecular flexibility index (Phi) is 8.94. The first kappa shape index (κ1) is 28.6. The fraction of sp³-hybridized carbons (Fsp3) is 0.310. The second kappa shape index (κ2) is 12.2. The molecule has 1 aliphatic carbocycles. The molecule has 0 aromatic heterocycles. The molecule has 9 nitrogen and oxygen atoms in total. The van der Waals surface area contributed by atoms with Crippen molar-refractivity contribution in [2.45, 2.75) is 25.2 Å². The van der Waals surface area contributed by atoms with E-state index in [1.54, 1.807) is 30.3 Å². The first-order chi connectivity index (χ1) is 18.4. The summed E-state index contributed by atoms with van der Waals surface area (Å²) < 4.78 is 27.8. The number of carboxylic acids is 2. The van der Waals surface area contributed by atoms with Gasteiger partial charge in [0, 0.05) is 35.4 Å². The number of rotatable bonds is 10.